The Balaban J connectivity index is 2.04. The van der Waals surface area contributed by atoms with Crippen molar-refractivity contribution in [3.05, 3.63) is 21.4 Å². The first kappa shape index (κ1) is 12.6. The van der Waals surface area contributed by atoms with Gasteiger partial charge in [0.25, 0.3) is 5.91 Å². The number of carbonyl (C=O) groups is 1. The van der Waals surface area contributed by atoms with Crippen molar-refractivity contribution >= 4 is 17.2 Å². The van der Waals surface area contributed by atoms with Gasteiger partial charge in [-0.2, -0.15) is 0 Å². The summed E-state index contributed by atoms with van der Waals surface area (Å²) in [6.07, 6.45) is 3.43. The molecule has 17 heavy (non-hydrogen) atoms. The zero-order valence-electron chi connectivity index (χ0n) is 10.3. The molecule has 0 radical (unpaired) electrons. The predicted octanol–water partition coefficient (Wildman–Crippen LogP) is 1.98. The van der Waals surface area contributed by atoms with Gasteiger partial charge in [0, 0.05) is 4.88 Å². The van der Waals surface area contributed by atoms with E-state index in [0.717, 1.165) is 17.7 Å². The van der Waals surface area contributed by atoms with Gasteiger partial charge < -0.3 is 10.4 Å². The van der Waals surface area contributed by atoms with E-state index in [9.17, 15) is 9.90 Å². The molecule has 94 valence electrons. The Morgan fingerprint density at radius 2 is 2.29 bits per heavy atom. The van der Waals surface area contributed by atoms with Crippen LogP contribution in [-0.2, 0) is 12.8 Å². The van der Waals surface area contributed by atoms with Gasteiger partial charge in [-0.1, -0.05) is 13.8 Å². The van der Waals surface area contributed by atoms with Gasteiger partial charge >= 0.3 is 0 Å². The van der Waals surface area contributed by atoms with Crippen molar-refractivity contribution in [2.45, 2.75) is 39.2 Å². The number of amides is 1. The van der Waals surface area contributed by atoms with E-state index in [-0.39, 0.29) is 24.5 Å². The summed E-state index contributed by atoms with van der Waals surface area (Å²) in [5.74, 6) is 0.202. The van der Waals surface area contributed by atoms with E-state index in [0.29, 0.717) is 0 Å². The summed E-state index contributed by atoms with van der Waals surface area (Å²) in [7, 11) is 0. The number of aliphatic hydroxyl groups excluding tert-OH is 1. The minimum Gasteiger partial charge on any atom is -0.394 e. The molecule has 1 amide bonds. The second-order valence-corrected chi connectivity index (χ2v) is 6.06. The Bertz CT molecular complexity index is 390. The van der Waals surface area contributed by atoms with Crippen LogP contribution in [0.3, 0.4) is 0 Å². The largest absolute Gasteiger partial charge is 0.394 e. The van der Waals surface area contributed by atoms with Crippen molar-refractivity contribution in [1.82, 2.24) is 5.32 Å². The molecule has 3 nitrogen and oxygen atoms in total. The molecular weight excluding hydrogens is 234 g/mol. The molecule has 0 fully saturated rings. The van der Waals surface area contributed by atoms with Crippen LogP contribution in [0.4, 0.5) is 0 Å². The first-order valence-electron chi connectivity index (χ1n) is 6.15. The fraction of sp³-hybridized carbons (Fsp3) is 0.615. The highest BCUT2D eigenvalue weighted by Crippen LogP contribution is 2.30. The van der Waals surface area contributed by atoms with Crippen molar-refractivity contribution in [1.29, 1.82) is 0 Å². The number of aryl methyl sites for hydroxylation is 2. The zero-order valence-corrected chi connectivity index (χ0v) is 11.1. The predicted molar refractivity (Wildman–Crippen MR) is 69.5 cm³/mol. The monoisotopic (exact) mass is 253 g/mol. The molecule has 0 unspecified atom stereocenters. The van der Waals surface area contributed by atoms with E-state index in [4.69, 9.17) is 0 Å². The lowest BCUT2D eigenvalue weighted by molar-refractivity contribution is 0.0901. The minimum atomic E-state index is -0.153. The number of fused-ring (bicyclic) bond motifs is 1. The summed E-state index contributed by atoms with van der Waals surface area (Å²) < 4.78 is 0. The fourth-order valence-corrected chi connectivity index (χ4v) is 3.26. The van der Waals surface area contributed by atoms with Gasteiger partial charge in [-0.15, -0.1) is 11.3 Å². The lowest BCUT2D eigenvalue weighted by Gasteiger charge is -2.19. The second-order valence-electron chi connectivity index (χ2n) is 4.92. The molecule has 0 aliphatic heterocycles. The average molecular weight is 253 g/mol. The molecule has 0 spiro atoms. The Morgan fingerprint density at radius 3 is 2.88 bits per heavy atom. The summed E-state index contributed by atoms with van der Waals surface area (Å²) in [6, 6.07) is 1.86. The molecule has 0 bridgehead atoms. The molecule has 1 aliphatic carbocycles. The van der Waals surface area contributed by atoms with Crippen LogP contribution in [0.1, 0.15) is 40.4 Å². The van der Waals surface area contributed by atoms with E-state index in [2.05, 4.69) is 5.32 Å². The van der Waals surface area contributed by atoms with Gasteiger partial charge in [-0.3, -0.25) is 4.79 Å². The van der Waals surface area contributed by atoms with E-state index in [1.54, 1.807) is 11.3 Å². The maximum absolute atomic E-state index is 12.0. The van der Waals surface area contributed by atoms with Crippen LogP contribution in [0.25, 0.3) is 0 Å². The Kier molecular flexibility index (Phi) is 3.84. The molecule has 1 aromatic heterocycles. The normalized spacial score (nSPS) is 16.0. The van der Waals surface area contributed by atoms with E-state index in [1.807, 2.05) is 19.9 Å². The van der Waals surface area contributed by atoms with Gasteiger partial charge in [0.05, 0.1) is 17.5 Å². The number of thiophene rings is 1. The van der Waals surface area contributed by atoms with Crippen LogP contribution in [0.15, 0.2) is 6.07 Å². The Hall–Kier alpha value is -0.870. The smallest absolute Gasteiger partial charge is 0.261 e. The first-order valence-corrected chi connectivity index (χ1v) is 6.96. The molecule has 0 aromatic carbocycles. The second kappa shape index (κ2) is 5.19. The SMILES string of the molecule is CC(C)[C@@H](CO)NC(=O)c1cc2c(s1)CCC2. The highest BCUT2D eigenvalue weighted by atomic mass is 32.1. The van der Waals surface area contributed by atoms with Gasteiger partial charge in [-0.25, -0.2) is 0 Å². The van der Waals surface area contributed by atoms with Crippen molar-refractivity contribution in [3.63, 3.8) is 0 Å². The number of carbonyl (C=O) groups excluding carboxylic acids is 1. The van der Waals surface area contributed by atoms with Gasteiger partial charge in [0.2, 0.25) is 0 Å². The minimum absolute atomic E-state index is 0.00546. The van der Waals surface area contributed by atoms with Crippen LogP contribution in [-0.4, -0.2) is 23.7 Å². The van der Waals surface area contributed by atoms with Crippen LogP contribution in [0, 0.1) is 5.92 Å². The molecule has 0 saturated carbocycles. The molecule has 4 heteroatoms. The fourth-order valence-electron chi connectivity index (χ4n) is 2.10. The van der Waals surface area contributed by atoms with Crippen LogP contribution in [0.2, 0.25) is 0 Å². The maximum Gasteiger partial charge on any atom is 0.261 e. The summed E-state index contributed by atoms with van der Waals surface area (Å²) in [6.45, 7) is 3.99. The van der Waals surface area contributed by atoms with Gasteiger partial charge in [-0.05, 0) is 36.8 Å². The first-order chi connectivity index (χ1) is 8.11. The van der Waals surface area contributed by atoms with Crippen LogP contribution >= 0.6 is 11.3 Å². The molecule has 0 saturated heterocycles. The molecule has 1 aromatic rings. The van der Waals surface area contributed by atoms with Crippen LogP contribution in [0.5, 0.6) is 0 Å². The molecule has 2 rings (SSSR count). The van der Waals surface area contributed by atoms with Gasteiger partial charge in [0.1, 0.15) is 0 Å². The van der Waals surface area contributed by atoms with Gasteiger partial charge in [0.15, 0.2) is 0 Å². The lowest BCUT2D eigenvalue weighted by atomic mass is 10.1. The summed E-state index contributed by atoms with van der Waals surface area (Å²) in [5, 5.41) is 12.1. The van der Waals surface area contributed by atoms with E-state index >= 15 is 0 Å². The van der Waals surface area contributed by atoms with Crippen molar-refractivity contribution in [3.8, 4) is 0 Å². The standard InChI is InChI=1S/C13H19NO2S/c1-8(2)10(7-15)14-13(16)12-6-9-4-3-5-11(9)17-12/h6,8,10,15H,3-5,7H2,1-2H3,(H,14,16)/t10-/m1/s1. The molecule has 1 heterocycles. The number of hydrogen-bond donors (Lipinski definition) is 2. The van der Waals surface area contributed by atoms with Crippen molar-refractivity contribution in [2.75, 3.05) is 6.61 Å². The molecule has 1 aliphatic rings. The maximum atomic E-state index is 12.0. The highest BCUT2D eigenvalue weighted by molar-refractivity contribution is 7.14. The number of rotatable bonds is 4. The number of nitrogens with one attached hydrogen (secondary N) is 1. The van der Waals surface area contributed by atoms with Crippen molar-refractivity contribution < 1.29 is 9.90 Å². The molecule has 1 atom stereocenters. The third-order valence-corrected chi connectivity index (χ3v) is 4.52. The average Bonchev–Trinajstić information content (AvgIpc) is 2.84. The zero-order chi connectivity index (χ0) is 12.4. The molecule has 2 N–H and O–H groups in total. The quantitative estimate of drug-likeness (QED) is 0.862. The Morgan fingerprint density at radius 1 is 1.53 bits per heavy atom. The third kappa shape index (κ3) is 2.69. The van der Waals surface area contributed by atoms with Crippen LogP contribution < -0.4 is 5.32 Å². The Labute approximate surface area is 106 Å². The summed E-state index contributed by atoms with van der Waals surface area (Å²) in [4.78, 5) is 14.2. The number of hydrogen-bond acceptors (Lipinski definition) is 3. The topological polar surface area (TPSA) is 49.3 Å². The van der Waals surface area contributed by atoms with E-state index in [1.165, 1.54) is 16.9 Å². The summed E-state index contributed by atoms with van der Waals surface area (Å²) >= 11 is 1.60. The molecular formula is C13H19NO2S. The number of aliphatic hydroxyl groups is 1. The highest BCUT2D eigenvalue weighted by Gasteiger charge is 2.21. The summed E-state index contributed by atoms with van der Waals surface area (Å²) in [5.41, 5.74) is 1.34. The van der Waals surface area contributed by atoms with E-state index < -0.39 is 0 Å². The van der Waals surface area contributed by atoms with Crippen molar-refractivity contribution in [2.24, 2.45) is 5.92 Å². The lowest BCUT2D eigenvalue weighted by Crippen LogP contribution is -2.40. The third-order valence-electron chi connectivity index (χ3n) is 3.29.